The molecule has 0 atom stereocenters. The van der Waals surface area contributed by atoms with Crippen molar-refractivity contribution in [3.8, 4) is 0 Å². The summed E-state index contributed by atoms with van der Waals surface area (Å²) in [5, 5.41) is 6.73. The second-order valence-corrected chi connectivity index (χ2v) is 6.91. The van der Waals surface area contributed by atoms with Gasteiger partial charge in [-0.2, -0.15) is 0 Å². The smallest absolute Gasteiger partial charge is 0.238 e. The number of halogens is 3. The van der Waals surface area contributed by atoms with Crippen LogP contribution in [0.4, 0.5) is 5.69 Å². The number of rotatable bonds is 7. The number of benzene rings is 2. The summed E-state index contributed by atoms with van der Waals surface area (Å²) in [5.74, 6) is -0.530. The van der Waals surface area contributed by atoms with E-state index in [1.165, 1.54) is 0 Å². The molecule has 0 heterocycles. The number of nitrogens with zero attached hydrogens (tertiary/aromatic N) is 1. The molecule has 0 spiro atoms. The summed E-state index contributed by atoms with van der Waals surface area (Å²) in [6, 6.07) is 12.2. The van der Waals surface area contributed by atoms with Crippen LogP contribution in [0.25, 0.3) is 0 Å². The third-order valence-corrected chi connectivity index (χ3v) is 4.49. The average molecular weight is 415 g/mol. The van der Waals surface area contributed by atoms with Crippen molar-refractivity contribution in [1.29, 1.82) is 0 Å². The minimum absolute atomic E-state index is 0.0149. The highest BCUT2D eigenvalue weighted by atomic mass is 35.5. The lowest BCUT2D eigenvalue weighted by Gasteiger charge is -2.17. The number of hydrogen-bond donors (Lipinski definition) is 2. The molecule has 0 fully saturated rings. The van der Waals surface area contributed by atoms with Crippen LogP contribution in [0.3, 0.4) is 0 Å². The molecular formula is C18H18Cl3N3O2. The number of amides is 2. The van der Waals surface area contributed by atoms with Gasteiger partial charge in [-0.05, 0) is 30.8 Å². The molecule has 0 radical (unpaired) electrons. The predicted molar refractivity (Wildman–Crippen MR) is 106 cm³/mol. The van der Waals surface area contributed by atoms with Gasteiger partial charge in [-0.25, -0.2) is 0 Å². The van der Waals surface area contributed by atoms with E-state index >= 15 is 0 Å². The number of carbonyl (C=O) groups excluding carboxylic acids is 2. The summed E-state index contributed by atoms with van der Waals surface area (Å²) in [6.45, 7) is 0.406. The third kappa shape index (κ3) is 6.18. The highest BCUT2D eigenvalue weighted by molar-refractivity contribution is 6.39. The fraction of sp³-hybridized carbons (Fsp3) is 0.222. The number of para-hydroxylation sites is 1. The lowest BCUT2D eigenvalue weighted by molar-refractivity contribution is -0.123. The Morgan fingerprint density at radius 1 is 0.885 bits per heavy atom. The Morgan fingerprint density at radius 2 is 1.46 bits per heavy atom. The summed E-state index contributed by atoms with van der Waals surface area (Å²) in [5.41, 5.74) is 1.19. The van der Waals surface area contributed by atoms with Crippen molar-refractivity contribution in [3.05, 3.63) is 63.1 Å². The molecule has 2 aromatic carbocycles. The van der Waals surface area contributed by atoms with Crippen LogP contribution in [0.15, 0.2) is 42.5 Å². The van der Waals surface area contributed by atoms with E-state index in [-0.39, 0.29) is 24.9 Å². The lowest BCUT2D eigenvalue weighted by Crippen LogP contribution is -2.38. The van der Waals surface area contributed by atoms with Crippen LogP contribution in [-0.4, -0.2) is 36.9 Å². The Balaban J connectivity index is 1.80. The largest absolute Gasteiger partial charge is 0.351 e. The average Bonchev–Trinajstić information content (AvgIpc) is 2.57. The van der Waals surface area contributed by atoms with Gasteiger partial charge in [0, 0.05) is 11.6 Å². The molecule has 2 N–H and O–H groups in total. The summed E-state index contributed by atoms with van der Waals surface area (Å²) in [4.78, 5) is 25.7. The van der Waals surface area contributed by atoms with E-state index in [1.807, 2.05) is 18.2 Å². The van der Waals surface area contributed by atoms with Crippen molar-refractivity contribution < 1.29 is 9.59 Å². The molecule has 0 saturated carbocycles. The topological polar surface area (TPSA) is 61.4 Å². The summed E-state index contributed by atoms with van der Waals surface area (Å²) < 4.78 is 0. The zero-order chi connectivity index (χ0) is 19.1. The second-order valence-electron chi connectivity index (χ2n) is 5.69. The number of hydrogen-bond acceptors (Lipinski definition) is 3. The monoisotopic (exact) mass is 413 g/mol. The van der Waals surface area contributed by atoms with E-state index in [2.05, 4.69) is 10.6 Å². The van der Waals surface area contributed by atoms with Gasteiger partial charge in [0.2, 0.25) is 11.8 Å². The first-order valence-electron chi connectivity index (χ1n) is 7.79. The Labute approximate surface area is 167 Å². The SMILES string of the molecule is CN(CC(=O)NCc1ccccc1Cl)CC(=O)Nc1c(Cl)cccc1Cl. The molecule has 0 aromatic heterocycles. The molecule has 26 heavy (non-hydrogen) atoms. The van der Waals surface area contributed by atoms with Gasteiger partial charge in [0.05, 0.1) is 28.8 Å². The summed E-state index contributed by atoms with van der Waals surface area (Å²) >= 11 is 18.1. The van der Waals surface area contributed by atoms with Crippen molar-refractivity contribution >= 4 is 52.3 Å². The quantitative estimate of drug-likeness (QED) is 0.724. The molecule has 8 heteroatoms. The van der Waals surface area contributed by atoms with Gasteiger partial charge in [-0.3, -0.25) is 14.5 Å². The maximum absolute atomic E-state index is 12.1. The Hall–Kier alpha value is -1.79. The van der Waals surface area contributed by atoms with E-state index < -0.39 is 0 Å². The Morgan fingerprint density at radius 3 is 2.12 bits per heavy atom. The molecule has 2 aromatic rings. The van der Waals surface area contributed by atoms with Gasteiger partial charge in [0.15, 0.2) is 0 Å². The standard InChI is InChI=1S/C18H18Cl3N3O2/c1-24(10-16(25)22-9-12-5-2-3-6-13(12)19)11-17(26)23-18-14(20)7-4-8-15(18)21/h2-8H,9-11H2,1H3,(H,22,25)(H,23,26). The second kappa shape index (κ2) is 9.78. The van der Waals surface area contributed by atoms with Crippen molar-refractivity contribution in [2.24, 2.45) is 0 Å². The number of nitrogens with one attached hydrogen (secondary N) is 2. The van der Waals surface area contributed by atoms with Gasteiger partial charge in [0.25, 0.3) is 0 Å². The Kier molecular flexibility index (Phi) is 7.72. The highest BCUT2D eigenvalue weighted by Crippen LogP contribution is 2.29. The van der Waals surface area contributed by atoms with Crippen molar-refractivity contribution in [2.75, 3.05) is 25.5 Å². The van der Waals surface area contributed by atoms with Gasteiger partial charge in [0.1, 0.15) is 0 Å². The van der Waals surface area contributed by atoms with Crippen molar-refractivity contribution in [3.63, 3.8) is 0 Å². The van der Waals surface area contributed by atoms with Crippen molar-refractivity contribution in [1.82, 2.24) is 10.2 Å². The van der Waals surface area contributed by atoms with Crippen LogP contribution < -0.4 is 10.6 Å². The van der Waals surface area contributed by atoms with E-state index in [9.17, 15) is 9.59 Å². The molecule has 0 saturated heterocycles. The summed E-state index contributed by atoms with van der Waals surface area (Å²) in [6.07, 6.45) is 0. The minimum atomic E-state index is -0.318. The molecule has 0 unspecified atom stereocenters. The zero-order valence-corrected chi connectivity index (χ0v) is 16.3. The molecule has 0 bridgehead atoms. The first-order chi connectivity index (χ1) is 12.4. The maximum Gasteiger partial charge on any atom is 0.238 e. The van der Waals surface area contributed by atoms with E-state index in [4.69, 9.17) is 34.8 Å². The first-order valence-corrected chi connectivity index (χ1v) is 8.92. The number of anilines is 1. The van der Waals surface area contributed by atoms with Gasteiger partial charge >= 0.3 is 0 Å². The zero-order valence-electron chi connectivity index (χ0n) is 14.1. The molecular weight excluding hydrogens is 397 g/mol. The van der Waals surface area contributed by atoms with Gasteiger partial charge < -0.3 is 10.6 Å². The van der Waals surface area contributed by atoms with E-state index in [0.29, 0.717) is 27.3 Å². The minimum Gasteiger partial charge on any atom is -0.351 e. The third-order valence-electron chi connectivity index (χ3n) is 3.49. The molecule has 5 nitrogen and oxygen atoms in total. The van der Waals surface area contributed by atoms with Gasteiger partial charge in [-0.15, -0.1) is 0 Å². The number of likely N-dealkylation sites (N-methyl/N-ethyl adjacent to an activating group) is 1. The molecule has 2 rings (SSSR count). The number of carbonyl (C=O) groups is 2. The lowest BCUT2D eigenvalue weighted by atomic mass is 10.2. The Bertz CT molecular complexity index is 779. The molecule has 2 amide bonds. The summed E-state index contributed by atoms with van der Waals surface area (Å²) in [7, 11) is 1.67. The molecule has 0 aliphatic rings. The maximum atomic E-state index is 12.1. The van der Waals surface area contributed by atoms with Crippen LogP contribution in [0.5, 0.6) is 0 Å². The highest BCUT2D eigenvalue weighted by Gasteiger charge is 2.14. The predicted octanol–water partition coefficient (Wildman–Crippen LogP) is 3.83. The fourth-order valence-electron chi connectivity index (χ4n) is 2.23. The van der Waals surface area contributed by atoms with Crippen LogP contribution in [0.1, 0.15) is 5.56 Å². The normalized spacial score (nSPS) is 10.7. The van der Waals surface area contributed by atoms with E-state index in [0.717, 1.165) is 5.56 Å². The van der Waals surface area contributed by atoms with Gasteiger partial charge in [-0.1, -0.05) is 59.1 Å². The fourth-order valence-corrected chi connectivity index (χ4v) is 2.93. The first kappa shape index (κ1) is 20.5. The van der Waals surface area contributed by atoms with Crippen LogP contribution >= 0.6 is 34.8 Å². The van der Waals surface area contributed by atoms with Crippen molar-refractivity contribution in [2.45, 2.75) is 6.54 Å². The molecule has 0 aliphatic heterocycles. The van der Waals surface area contributed by atoms with Crippen LogP contribution in [-0.2, 0) is 16.1 Å². The van der Waals surface area contributed by atoms with Crippen LogP contribution in [0, 0.1) is 0 Å². The van der Waals surface area contributed by atoms with Crippen LogP contribution in [0.2, 0.25) is 15.1 Å². The molecule has 138 valence electrons. The van der Waals surface area contributed by atoms with E-state index in [1.54, 1.807) is 36.2 Å². The molecule has 0 aliphatic carbocycles.